The highest BCUT2D eigenvalue weighted by Gasteiger charge is 2.27. The number of carbonyl (C=O) groups is 1. The van der Waals surface area contributed by atoms with Crippen LogP contribution in [0.25, 0.3) is 10.9 Å². The SMILES string of the molecule is CC[C@H]1CCCCN1C(=O)c1cc2cc(Cl)ccc2nc1C. The molecule has 0 N–H and O–H groups in total. The first-order valence-electron chi connectivity index (χ1n) is 7.98. The monoisotopic (exact) mass is 316 g/mol. The molecule has 0 saturated carbocycles. The summed E-state index contributed by atoms with van der Waals surface area (Å²) in [6.45, 7) is 4.91. The summed E-state index contributed by atoms with van der Waals surface area (Å²) < 4.78 is 0. The number of piperidine rings is 1. The molecule has 116 valence electrons. The van der Waals surface area contributed by atoms with Crippen molar-refractivity contribution in [3.63, 3.8) is 0 Å². The summed E-state index contributed by atoms with van der Waals surface area (Å²) in [4.78, 5) is 19.6. The normalized spacial score (nSPS) is 18.7. The van der Waals surface area contributed by atoms with E-state index in [1.807, 2.05) is 36.1 Å². The molecule has 1 saturated heterocycles. The van der Waals surface area contributed by atoms with Gasteiger partial charge in [-0.3, -0.25) is 9.78 Å². The lowest BCUT2D eigenvalue weighted by Crippen LogP contribution is -2.43. The minimum absolute atomic E-state index is 0.110. The van der Waals surface area contributed by atoms with Gasteiger partial charge in [0.15, 0.2) is 0 Å². The number of hydrogen-bond donors (Lipinski definition) is 0. The molecule has 1 fully saturated rings. The number of pyridine rings is 1. The van der Waals surface area contributed by atoms with Gasteiger partial charge in [-0.15, -0.1) is 0 Å². The number of amides is 1. The van der Waals surface area contributed by atoms with Crippen LogP contribution in [-0.2, 0) is 0 Å². The zero-order chi connectivity index (χ0) is 15.7. The molecule has 3 rings (SSSR count). The highest BCUT2D eigenvalue weighted by Crippen LogP contribution is 2.25. The molecule has 2 aromatic rings. The van der Waals surface area contributed by atoms with Crippen LogP contribution in [0.1, 0.15) is 48.7 Å². The highest BCUT2D eigenvalue weighted by atomic mass is 35.5. The van der Waals surface area contributed by atoms with Crippen LogP contribution in [0, 0.1) is 6.92 Å². The Morgan fingerprint density at radius 3 is 2.95 bits per heavy atom. The smallest absolute Gasteiger partial charge is 0.255 e. The standard InChI is InChI=1S/C18H21ClN2O/c1-3-15-6-4-5-9-21(15)18(22)16-11-13-10-14(19)7-8-17(13)20-12(16)2/h7-8,10-11,15H,3-6,9H2,1-2H3/t15-/m0/s1. The van der Waals surface area contributed by atoms with Crippen LogP contribution in [-0.4, -0.2) is 28.4 Å². The maximum Gasteiger partial charge on any atom is 0.255 e. The van der Waals surface area contributed by atoms with Gasteiger partial charge in [-0.1, -0.05) is 18.5 Å². The second kappa shape index (κ2) is 6.25. The molecular formula is C18H21ClN2O. The molecule has 1 amide bonds. The lowest BCUT2D eigenvalue weighted by atomic mass is 9.98. The molecular weight excluding hydrogens is 296 g/mol. The summed E-state index contributed by atoms with van der Waals surface area (Å²) in [7, 11) is 0. The predicted octanol–water partition coefficient (Wildman–Crippen LogP) is 4.60. The van der Waals surface area contributed by atoms with Crippen LogP contribution < -0.4 is 0 Å². The van der Waals surface area contributed by atoms with Crippen molar-refractivity contribution < 1.29 is 4.79 Å². The molecule has 22 heavy (non-hydrogen) atoms. The minimum Gasteiger partial charge on any atom is -0.336 e. The van der Waals surface area contributed by atoms with Gasteiger partial charge in [-0.25, -0.2) is 0 Å². The van der Waals surface area contributed by atoms with Crippen LogP contribution in [0.15, 0.2) is 24.3 Å². The lowest BCUT2D eigenvalue weighted by molar-refractivity contribution is 0.0607. The number of carbonyl (C=O) groups excluding carboxylic acids is 1. The Labute approximate surface area is 136 Å². The van der Waals surface area contributed by atoms with Gasteiger partial charge in [0.05, 0.1) is 16.8 Å². The van der Waals surface area contributed by atoms with Crippen molar-refractivity contribution in [1.29, 1.82) is 0 Å². The minimum atomic E-state index is 0.110. The Morgan fingerprint density at radius 1 is 1.36 bits per heavy atom. The number of benzene rings is 1. The summed E-state index contributed by atoms with van der Waals surface area (Å²) in [5.41, 5.74) is 2.37. The zero-order valence-electron chi connectivity index (χ0n) is 13.1. The van der Waals surface area contributed by atoms with E-state index in [1.54, 1.807) is 0 Å². The molecule has 0 radical (unpaired) electrons. The molecule has 0 spiro atoms. The summed E-state index contributed by atoms with van der Waals surface area (Å²) >= 11 is 6.06. The summed E-state index contributed by atoms with van der Waals surface area (Å²) in [5.74, 6) is 0.110. The van der Waals surface area contributed by atoms with E-state index in [-0.39, 0.29) is 5.91 Å². The van der Waals surface area contributed by atoms with Gasteiger partial charge in [0.2, 0.25) is 0 Å². The maximum atomic E-state index is 13.0. The first-order chi connectivity index (χ1) is 10.6. The molecule has 1 atom stereocenters. The van der Waals surface area contributed by atoms with Gasteiger partial charge < -0.3 is 4.90 Å². The van der Waals surface area contributed by atoms with Gasteiger partial charge >= 0.3 is 0 Å². The third kappa shape index (κ3) is 2.82. The molecule has 1 aromatic heterocycles. The zero-order valence-corrected chi connectivity index (χ0v) is 13.9. The summed E-state index contributed by atoms with van der Waals surface area (Å²) in [5, 5.41) is 1.59. The van der Waals surface area contributed by atoms with E-state index in [0.717, 1.165) is 42.4 Å². The number of hydrogen-bond acceptors (Lipinski definition) is 2. The molecule has 1 aliphatic rings. The van der Waals surface area contributed by atoms with Crippen molar-refractivity contribution in [2.45, 2.75) is 45.6 Å². The predicted molar refractivity (Wildman–Crippen MR) is 90.5 cm³/mol. The molecule has 0 bridgehead atoms. The second-order valence-electron chi connectivity index (χ2n) is 6.01. The second-order valence-corrected chi connectivity index (χ2v) is 6.45. The van der Waals surface area contributed by atoms with Crippen LogP contribution in [0.5, 0.6) is 0 Å². The van der Waals surface area contributed by atoms with E-state index in [4.69, 9.17) is 11.6 Å². The van der Waals surface area contributed by atoms with Crippen molar-refractivity contribution in [2.75, 3.05) is 6.54 Å². The summed E-state index contributed by atoms with van der Waals surface area (Å²) in [6, 6.07) is 7.89. The van der Waals surface area contributed by atoms with Crippen molar-refractivity contribution >= 4 is 28.4 Å². The molecule has 0 aliphatic carbocycles. The molecule has 2 heterocycles. The van der Waals surface area contributed by atoms with E-state index < -0.39 is 0 Å². The fourth-order valence-corrected chi connectivity index (χ4v) is 3.49. The van der Waals surface area contributed by atoms with Gasteiger partial charge in [0.25, 0.3) is 5.91 Å². The average molecular weight is 317 g/mol. The van der Waals surface area contributed by atoms with E-state index in [1.165, 1.54) is 6.42 Å². The fraction of sp³-hybridized carbons (Fsp3) is 0.444. The third-order valence-electron chi connectivity index (χ3n) is 4.56. The Morgan fingerprint density at radius 2 is 2.18 bits per heavy atom. The van der Waals surface area contributed by atoms with Crippen molar-refractivity contribution in [3.05, 3.63) is 40.5 Å². The molecule has 0 unspecified atom stereocenters. The van der Waals surface area contributed by atoms with Crippen molar-refractivity contribution in [1.82, 2.24) is 9.88 Å². The number of nitrogens with zero attached hydrogens (tertiary/aromatic N) is 2. The van der Waals surface area contributed by atoms with E-state index in [2.05, 4.69) is 11.9 Å². The molecule has 4 heteroatoms. The molecule has 1 aliphatic heterocycles. The Balaban J connectivity index is 2.00. The first-order valence-corrected chi connectivity index (χ1v) is 8.36. The number of halogens is 1. The Hall–Kier alpha value is -1.61. The molecule has 3 nitrogen and oxygen atoms in total. The van der Waals surface area contributed by atoms with Crippen molar-refractivity contribution in [3.8, 4) is 0 Å². The number of aromatic nitrogens is 1. The van der Waals surface area contributed by atoms with Crippen LogP contribution >= 0.6 is 11.6 Å². The van der Waals surface area contributed by atoms with Crippen LogP contribution in [0.3, 0.4) is 0 Å². The van der Waals surface area contributed by atoms with Crippen LogP contribution in [0.2, 0.25) is 5.02 Å². The highest BCUT2D eigenvalue weighted by molar-refractivity contribution is 6.31. The van der Waals surface area contributed by atoms with Gasteiger partial charge in [0, 0.05) is 23.0 Å². The Kier molecular flexibility index (Phi) is 4.34. The third-order valence-corrected chi connectivity index (χ3v) is 4.79. The lowest BCUT2D eigenvalue weighted by Gasteiger charge is -2.35. The van der Waals surface area contributed by atoms with Crippen LogP contribution in [0.4, 0.5) is 0 Å². The first kappa shape index (κ1) is 15.3. The number of likely N-dealkylation sites (tertiary alicyclic amines) is 1. The quantitative estimate of drug-likeness (QED) is 0.811. The van der Waals surface area contributed by atoms with Gasteiger partial charge in [-0.2, -0.15) is 0 Å². The maximum absolute atomic E-state index is 13.0. The van der Waals surface area contributed by atoms with Gasteiger partial charge in [-0.05, 0) is 56.9 Å². The van der Waals surface area contributed by atoms with Crippen molar-refractivity contribution in [2.24, 2.45) is 0 Å². The largest absolute Gasteiger partial charge is 0.336 e. The number of aryl methyl sites for hydroxylation is 1. The molecule has 1 aromatic carbocycles. The summed E-state index contributed by atoms with van der Waals surface area (Å²) in [6.07, 6.45) is 4.42. The average Bonchev–Trinajstić information content (AvgIpc) is 2.54. The van der Waals surface area contributed by atoms with E-state index >= 15 is 0 Å². The van der Waals surface area contributed by atoms with Gasteiger partial charge in [0.1, 0.15) is 0 Å². The number of rotatable bonds is 2. The Bertz CT molecular complexity index is 714. The van der Waals surface area contributed by atoms with E-state index in [9.17, 15) is 4.79 Å². The fourth-order valence-electron chi connectivity index (χ4n) is 3.31. The number of fused-ring (bicyclic) bond motifs is 1. The topological polar surface area (TPSA) is 33.2 Å². The van der Waals surface area contributed by atoms with E-state index in [0.29, 0.717) is 16.6 Å².